The minimum atomic E-state index is -0.257. The van der Waals surface area contributed by atoms with Crippen molar-refractivity contribution in [2.45, 2.75) is 32.8 Å². The Morgan fingerprint density at radius 3 is 1.73 bits per heavy atom. The summed E-state index contributed by atoms with van der Waals surface area (Å²) in [4.78, 5) is 0. The van der Waals surface area contributed by atoms with Gasteiger partial charge in [0.15, 0.2) is 6.29 Å². The van der Waals surface area contributed by atoms with Gasteiger partial charge in [0.2, 0.25) is 0 Å². The van der Waals surface area contributed by atoms with Crippen LogP contribution >= 0.6 is 0 Å². The molecule has 0 saturated carbocycles. The number of hydrogen-bond acceptors (Lipinski definition) is 3. The Bertz CT molecular complexity index is 455. The molecule has 0 N–H and O–H groups in total. The molecule has 0 radical (unpaired) electrons. The molecule has 2 aromatic carbocycles. The molecule has 22 heavy (non-hydrogen) atoms. The van der Waals surface area contributed by atoms with Gasteiger partial charge in [0.05, 0.1) is 19.8 Å². The SMILES string of the molecule is CCOCCC(OCc1ccccc1)OCc1ccccc1. The average molecular weight is 300 g/mol. The monoisotopic (exact) mass is 300 g/mol. The van der Waals surface area contributed by atoms with E-state index in [1.54, 1.807) is 0 Å². The molecule has 0 heterocycles. The van der Waals surface area contributed by atoms with Gasteiger partial charge in [-0.05, 0) is 18.1 Å². The van der Waals surface area contributed by atoms with E-state index in [0.29, 0.717) is 26.4 Å². The van der Waals surface area contributed by atoms with Crippen LogP contribution < -0.4 is 0 Å². The minimum absolute atomic E-state index is 0.257. The second kappa shape index (κ2) is 10.1. The molecule has 3 heteroatoms. The van der Waals surface area contributed by atoms with Gasteiger partial charge in [-0.2, -0.15) is 0 Å². The van der Waals surface area contributed by atoms with E-state index in [0.717, 1.165) is 17.5 Å². The summed E-state index contributed by atoms with van der Waals surface area (Å²) >= 11 is 0. The smallest absolute Gasteiger partial charge is 0.160 e. The van der Waals surface area contributed by atoms with Crippen molar-refractivity contribution in [1.29, 1.82) is 0 Å². The average Bonchev–Trinajstić information content (AvgIpc) is 2.59. The highest BCUT2D eigenvalue weighted by molar-refractivity contribution is 5.14. The maximum atomic E-state index is 5.89. The Hall–Kier alpha value is -1.68. The van der Waals surface area contributed by atoms with E-state index in [4.69, 9.17) is 14.2 Å². The van der Waals surface area contributed by atoms with Crippen molar-refractivity contribution in [3.05, 3.63) is 71.8 Å². The van der Waals surface area contributed by atoms with Crippen molar-refractivity contribution in [3.8, 4) is 0 Å². The molecule has 0 unspecified atom stereocenters. The first kappa shape index (κ1) is 16.7. The minimum Gasteiger partial charge on any atom is -0.382 e. The summed E-state index contributed by atoms with van der Waals surface area (Å²) in [5.41, 5.74) is 2.29. The van der Waals surface area contributed by atoms with E-state index < -0.39 is 0 Å². The number of ether oxygens (including phenoxy) is 3. The summed E-state index contributed by atoms with van der Waals surface area (Å²) in [6, 6.07) is 20.3. The van der Waals surface area contributed by atoms with Gasteiger partial charge in [-0.1, -0.05) is 60.7 Å². The topological polar surface area (TPSA) is 27.7 Å². The molecule has 2 aromatic rings. The second-order valence-corrected chi connectivity index (χ2v) is 5.01. The van der Waals surface area contributed by atoms with Crippen molar-refractivity contribution in [2.75, 3.05) is 13.2 Å². The lowest BCUT2D eigenvalue weighted by Gasteiger charge is -2.19. The molecular formula is C19H24O3. The third kappa shape index (κ3) is 6.39. The summed E-state index contributed by atoms with van der Waals surface area (Å²) in [6.07, 6.45) is 0.472. The first-order chi connectivity index (χ1) is 10.9. The number of rotatable bonds is 10. The van der Waals surface area contributed by atoms with Crippen molar-refractivity contribution >= 4 is 0 Å². The molecule has 0 fully saturated rings. The van der Waals surface area contributed by atoms with E-state index in [-0.39, 0.29) is 6.29 Å². The van der Waals surface area contributed by atoms with Gasteiger partial charge in [-0.3, -0.25) is 0 Å². The van der Waals surface area contributed by atoms with Crippen LogP contribution in [0, 0.1) is 0 Å². The van der Waals surface area contributed by atoms with Crippen molar-refractivity contribution in [3.63, 3.8) is 0 Å². The third-order valence-corrected chi connectivity index (χ3v) is 3.26. The fourth-order valence-electron chi connectivity index (χ4n) is 2.07. The summed E-state index contributed by atoms with van der Waals surface area (Å²) < 4.78 is 17.2. The summed E-state index contributed by atoms with van der Waals surface area (Å²) in [5.74, 6) is 0. The van der Waals surface area contributed by atoms with Crippen LogP contribution in [0.4, 0.5) is 0 Å². The molecule has 0 aliphatic rings. The van der Waals surface area contributed by atoms with Crippen LogP contribution in [0.3, 0.4) is 0 Å². The maximum Gasteiger partial charge on any atom is 0.160 e. The van der Waals surface area contributed by atoms with E-state index in [1.165, 1.54) is 0 Å². The quantitative estimate of drug-likeness (QED) is 0.487. The van der Waals surface area contributed by atoms with Crippen LogP contribution in [0.25, 0.3) is 0 Å². The van der Waals surface area contributed by atoms with Gasteiger partial charge in [-0.25, -0.2) is 0 Å². The molecule has 0 spiro atoms. The predicted octanol–water partition coefficient (Wildman–Crippen LogP) is 4.17. The van der Waals surface area contributed by atoms with Crippen molar-refractivity contribution in [1.82, 2.24) is 0 Å². The van der Waals surface area contributed by atoms with Crippen LogP contribution in [0.15, 0.2) is 60.7 Å². The van der Waals surface area contributed by atoms with Gasteiger partial charge in [-0.15, -0.1) is 0 Å². The lowest BCUT2D eigenvalue weighted by atomic mass is 10.2. The zero-order chi connectivity index (χ0) is 15.5. The number of benzene rings is 2. The van der Waals surface area contributed by atoms with Gasteiger partial charge < -0.3 is 14.2 Å². The van der Waals surface area contributed by atoms with Crippen LogP contribution in [0.1, 0.15) is 24.5 Å². The van der Waals surface area contributed by atoms with Gasteiger partial charge in [0, 0.05) is 13.0 Å². The lowest BCUT2D eigenvalue weighted by Crippen LogP contribution is -2.19. The molecule has 0 aliphatic carbocycles. The number of hydrogen-bond donors (Lipinski definition) is 0. The normalized spacial score (nSPS) is 11.0. The van der Waals surface area contributed by atoms with Crippen LogP contribution in [0.2, 0.25) is 0 Å². The Morgan fingerprint density at radius 1 is 0.773 bits per heavy atom. The molecule has 0 saturated heterocycles. The van der Waals surface area contributed by atoms with E-state index in [9.17, 15) is 0 Å². The zero-order valence-corrected chi connectivity index (χ0v) is 13.1. The molecule has 0 amide bonds. The molecule has 2 rings (SSSR count). The maximum absolute atomic E-state index is 5.89. The molecule has 0 atom stereocenters. The highest BCUT2D eigenvalue weighted by atomic mass is 16.7. The van der Waals surface area contributed by atoms with Crippen LogP contribution in [-0.4, -0.2) is 19.5 Å². The van der Waals surface area contributed by atoms with Gasteiger partial charge in [0.25, 0.3) is 0 Å². The predicted molar refractivity (Wildman–Crippen MR) is 87.4 cm³/mol. The third-order valence-electron chi connectivity index (χ3n) is 3.26. The van der Waals surface area contributed by atoms with Crippen LogP contribution in [0.5, 0.6) is 0 Å². The van der Waals surface area contributed by atoms with Crippen molar-refractivity contribution < 1.29 is 14.2 Å². The molecular weight excluding hydrogens is 276 g/mol. The first-order valence-corrected chi connectivity index (χ1v) is 7.77. The fourth-order valence-corrected chi connectivity index (χ4v) is 2.07. The van der Waals surface area contributed by atoms with E-state index in [1.807, 2.05) is 43.3 Å². The molecule has 0 bridgehead atoms. The van der Waals surface area contributed by atoms with E-state index >= 15 is 0 Å². The van der Waals surface area contributed by atoms with Crippen molar-refractivity contribution in [2.24, 2.45) is 0 Å². The molecule has 0 aliphatic heterocycles. The summed E-state index contributed by atoms with van der Waals surface area (Å²) in [7, 11) is 0. The Morgan fingerprint density at radius 2 is 1.27 bits per heavy atom. The second-order valence-electron chi connectivity index (χ2n) is 5.01. The Labute approximate surface area is 132 Å². The largest absolute Gasteiger partial charge is 0.382 e. The highest BCUT2D eigenvalue weighted by Crippen LogP contribution is 2.11. The summed E-state index contributed by atoms with van der Waals surface area (Å²) in [5, 5.41) is 0. The zero-order valence-electron chi connectivity index (χ0n) is 13.1. The molecule has 0 aromatic heterocycles. The highest BCUT2D eigenvalue weighted by Gasteiger charge is 2.10. The molecule has 3 nitrogen and oxygen atoms in total. The first-order valence-electron chi connectivity index (χ1n) is 7.77. The fraction of sp³-hybridized carbons (Fsp3) is 0.368. The van der Waals surface area contributed by atoms with Gasteiger partial charge in [0.1, 0.15) is 0 Å². The van der Waals surface area contributed by atoms with Crippen LogP contribution in [-0.2, 0) is 27.4 Å². The molecule has 118 valence electrons. The lowest BCUT2D eigenvalue weighted by molar-refractivity contribution is -0.166. The Kier molecular flexibility index (Phi) is 7.67. The standard InChI is InChI=1S/C19H24O3/c1-2-20-14-13-19(21-15-17-9-5-3-6-10-17)22-16-18-11-7-4-8-12-18/h3-12,19H,2,13-16H2,1H3. The Balaban J connectivity index is 1.82. The van der Waals surface area contributed by atoms with E-state index in [2.05, 4.69) is 24.3 Å². The summed E-state index contributed by atoms with van der Waals surface area (Å²) in [6.45, 7) is 4.44. The van der Waals surface area contributed by atoms with Gasteiger partial charge >= 0.3 is 0 Å².